The molecule has 1 aliphatic heterocycles. The summed E-state index contributed by atoms with van der Waals surface area (Å²) in [5.41, 5.74) is 6.88. The van der Waals surface area contributed by atoms with E-state index < -0.39 is 0 Å². The fourth-order valence-corrected chi connectivity index (χ4v) is 2.62. The van der Waals surface area contributed by atoms with Crippen molar-refractivity contribution in [3.63, 3.8) is 0 Å². The van der Waals surface area contributed by atoms with E-state index in [1.54, 1.807) is 12.3 Å². The highest BCUT2D eigenvalue weighted by Gasteiger charge is 2.29. The third-order valence-corrected chi connectivity index (χ3v) is 3.48. The Morgan fingerprint density at radius 1 is 1.56 bits per heavy atom. The van der Waals surface area contributed by atoms with Crippen LogP contribution in [0.4, 0.5) is 5.82 Å². The molecular formula is C11H15Cl2N5. The predicted molar refractivity (Wildman–Crippen MR) is 75.5 cm³/mol. The lowest BCUT2D eigenvalue weighted by molar-refractivity contribution is 0.688. The lowest BCUT2D eigenvalue weighted by Gasteiger charge is -2.20. The van der Waals surface area contributed by atoms with E-state index in [1.807, 2.05) is 0 Å². The average molecular weight is 288 g/mol. The van der Waals surface area contributed by atoms with Gasteiger partial charge in [-0.05, 0) is 13.3 Å². The number of fused-ring (bicyclic) bond motifs is 1. The average Bonchev–Trinajstić information content (AvgIpc) is 2.81. The highest BCUT2D eigenvalue weighted by atomic mass is 35.5. The van der Waals surface area contributed by atoms with Crippen LogP contribution >= 0.6 is 24.0 Å². The number of aromatic nitrogens is 3. The van der Waals surface area contributed by atoms with E-state index >= 15 is 0 Å². The van der Waals surface area contributed by atoms with Gasteiger partial charge in [-0.3, -0.25) is 5.10 Å². The van der Waals surface area contributed by atoms with Crippen LogP contribution in [0.1, 0.15) is 13.3 Å². The van der Waals surface area contributed by atoms with Crippen LogP contribution in [-0.2, 0) is 0 Å². The van der Waals surface area contributed by atoms with Gasteiger partial charge in [-0.1, -0.05) is 11.6 Å². The molecule has 0 saturated carbocycles. The van der Waals surface area contributed by atoms with Crippen molar-refractivity contribution < 1.29 is 0 Å². The van der Waals surface area contributed by atoms with E-state index in [4.69, 9.17) is 17.3 Å². The van der Waals surface area contributed by atoms with E-state index in [1.165, 1.54) is 0 Å². The molecule has 2 aromatic heterocycles. The number of anilines is 1. The number of hydrogen-bond donors (Lipinski definition) is 2. The van der Waals surface area contributed by atoms with Crippen LogP contribution in [0.2, 0.25) is 5.15 Å². The zero-order valence-electron chi connectivity index (χ0n) is 9.93. The maximum absolute atomic E-state index is 5.97. The molecule has 18 heavy (non-hydrogen) atoms. The molecule has 0 bridgehead atoms. The van der Waals surface area contributed by atoms with Crippen LogP contribution in [0.5, 0.6) is 0 Å². The summed E-state index contributed by atoms with van der Waals surface area (Å²) in [7, 11) is 0. The van der Waals surface area contributed by atoms with Crippen LogP contribution < -0.4 is 10.6 Å². The minimum atomic E-state index is 0. The summed E-state index contributed by atoms with van der Waals surface area (Å²) >= 11 is 5.85. The number of nitrogens with zero attached hydrogens (tertiary/aromatic N) is 3. The Hall–Kier alpha value is -1.04. The zero-order valence-corrected chi connectivity index (χ0v) is 11.5. The molecule has 0 radical (unpaired) electrons. The largest absolute Gasteiger partial charge is 0.350 e. The number of aromatic amines is 1. The molecule has 1 aliphatic rings. The summed E-state index contributed by atoms with van der Waals surface area (Å²) in [4.78, 5) is 6.32. The van der Waals surface area contributed by atoms with Gasteiger partial charge in [0.05, 0.1) is 10.9 Å². The van der Waals surface area contributed by atoms with Crippen molar-refractivity contribution in [1.82, 2.24) is 15.2 Å². The number of nitrogens with one attached hydrogen (secondary N) is 1. The topological polar surface area (TPSA) is 70.8 Å². The van der Waals surface area contributed by atoms with Gasteiger partial charge in [-0.2, -0.15) is 5.10 Å². The third kappa shape index (κ3) is 2.13. The molecule has 0 aliphatic carbocycles. The molecule has 0 aromatic carbocycles. The van der Waals surface area contributed by atoms with Gasteiger partial charge in [0, 0.05) is 30.9 Å². The molecule has 7 heteroatoms. The predicted octanol–water partition coefficient (Wildman–Crippen LogP) is 1.96. The summed E-state index contributed by atoms with van der Waals surface area (Å²) in [5.74, 6) is 0.921. The van der Waals surface area contributed by atoms with Crippen LogP contribution in [-0.4, -0.2) is 33.8 Å². The summed E-state index contributed by atoms with van der Waals surface area (Å²) in [6.07, 6.45) is 2.75. The standard InChI is InChI=1S/C11H14ClN5.ClH/c1-6-2-7(13)5-17(6)11-8-4-14-10(12)3-9(8)15-16-11;/h3-4,6-7H,2,5,13H2,1H3,(H,15,16);1H. The van der Waals surface area contributed by atoms with Gasteiger partial charge in [-0.15, -0.1) is 12.4 Å². The summed E-state index contributed by atoms with van der Waals surface area (Å²) in [6.45, 7) is 3.00. The second kappa shape index (κ2) is 4.91. The molecule has 3 rings (SSSR count). The second-order valence-corrected chi connectivity index (χ2v) is 4.98. The third-order valence-electron chi connectivity index (χ3n) is 3.27. The molecule has 1 fully saturated rings. The smallest absolute Gasteiger partial charge is 0.160 e. The Morgan fingerprint density at radius 3 is 3.00 bits per heavy atom. The highest BCUT2D eigenvalue weighted by molar-refractivity contribution is 6.30. The number of nitrogens with two attached hydrogens (primary N) is 1. The molecular weight excluding hydrogens is 273 g/mol. The van der Waals surface area contributed by atoms with Crippen LogP contribution in [0.25, 0.3) is 10.9 Å². The van der Waals surface area contributed by atoms with Crippen molar-refractivity contribution in [3.05, 3.63) is 17.4 Å². The fraction of sp³-hybridized carbons (Fsp3) is 0.455. The van der Waals surface area contributed by atoms with Gasteiger partial charge in [0.2, 0.25) is 0 Å². The Morgan fingerprint density at radius 2 is 2.33 bits per heavy atom. The van der Waals surface area contributed by atoms with Gasteiger partial charge in [-0.25, -0.2) is 4.98 Å². The maximum Gasteiger partial charge on any atom is 0.160 e. The molecule has 0 spiro atoms. The van der Waals surface area contributed by atoms with Crippen molar-refractivity contribution in [2.45, 2.75) is 25.4 Å². The van der Waals surface area contributed by atoms with Crippen molar-refractivity contribution >= 4 is 40.7 Å². The number of rotatable bonds is 1. The SMILES string of the molecule is CC1CC(N)CN1c1n[nH]c2cc(Cl)ncc12.Cl. The van der Waals surface area contributed by atoms with Gasteiger partial charge >= 0.3 is 0 Å². The minimum Gasteiger partial charge on any atom is -0.350 e. The maximum atomic E-state index is 5.97. The van der Waals surface area contributed by atoms with Gasteiger partial charge in [0.25, 0.3) is 0 Å². The van der Waals surface area contributed by atoms with Crippen molar-refractivity contribution in [3.8, 4) is 0 Å². The molecule has 2 aromatic rings. The van der Waals surface area contributed by atoms with Gasteiger partial charge < -0.3 is 10.6 Å². The Balaban J connectivity index is 0.00000120. The second-order valence-electron chi connectivity index (χ2n) is 4.60. The van der Waals surface area contributed by atoms with Crippen LogP contribution in [0.15, 0.2) is 12.3 Å². The molecule has 3 N–H and O–H groups in total. The number of pyridine rings is 1. The van der Waals surface area contributed by atoms with E-state index in [2.05, 4.69) is 27.0 Å². The number of halogens is 2. The summed E-state index contributed by atoms with van der Waals surface area (Å²) in [5, 5.41) is 8.80. The summed E-state index contributed by atoms with van der Waals surface area (Å²) in [6, 6.07) is 2.41. The van der Waals surface area contributed by atoms with Gasteiger partial charge in [0.1, 0.15) is 5.15 Å². The molecule has 2 atom stereocenters. The first-order valence-corrected chi connectivity index (χ1v) is 6.05. The van der Waals surface area contributed by atoms with Crippen LogP contribution in [0.3, 0.4) is 0 Å². The zero-order chi connectivity index (χ0) is 12.0. The lowest BCUT2D eigenvalue weighted by Crippen LogP contribution is -2.29. The molecule has 2 unspecified atom stereocenters. The van der Waals surface area contributed by atoms with Gasteiger partial charge in [0.15, 0.2) is 5.82 Å². The fourth-order valence-electron chi connectivity index (χ4n) is 2.46. The molecule has 1 saturated heterocycles. The molecule has 3 heterocycles. The number of H-pyrrole nitrogens is 1. The first-order chi connectivity index (χ1) is 8.15. The van der Waals surface area contributed by atoms with Crippen molar-refractivity contribution in [2.24, 2.45) is 5.73 Å². The monoisotopic (exact) mass is 287 g/mol. The van der Waals surface area contributed by atoms with E-state index in [0.717, 1.165) is 29.7 Å². The normalized spacial score (nSPS) is 23.4. The van der Waals surface area contributed by atoms with Crippen molar-refractivity contribution in [1.29, 1.82) is 0 Å². The van der Waals surface area contributed by atoms with E-state index in [0.29, 0.717) is 11.2 Å². The summed E-state index contributed by atoms with van der Waals surface area (Å²) < 4.78 is 0. The Bertz CT molecular complexity index is 555. The first kappa shape index (κ1) is 13.4. The van der Waals surface area contributed by atoms with Crippen molar-refractivity contribution in [2.75, 3.05) is 11.4 Å². The highest BCUT2D eigenvalue weighted by Crippen LogP contribution is 2.29. The Kier molecular flexibility index (Phi) is 3.66. The van der Waals surface area contributed by atoms with E-state index in [9.17, 15) is 0 Å². The minimum absolute atomic E-state index is 0. The van der Waals surface area contributed by atoms with E-state index in [-0.39, 0.29) is 18.4 Å². The van der Waals surface area contributed by atoms with Crippen LogP contribution in [0, 0.1) is 0 Å². The number of hydrogen-bond acceptors (Lipinski definition) is 4. The molecule has 98 valence electrons. The first-order valence-electron chi connectivity index (χ1n) is 5.67. The molecule has 5 nitrogen and oxygen atoms in total. The molecule has 0 amide bonds. The lowest BCUT2D eigenvalue weighted by atomic mass is 10.2. The quantitative estimate of drug-likeness (QED) is 0.787. The Labute approximate surface area is 116 Å².